The smallest absolute Gasteiger partial charge is 0.254 e. The maximum Gasteiger partial charge on any atom is 0.254 e. The second-order valence-corrected chi connectivity index (χ2v) is 3.69. The molecular weight excluding hydrogens is 200 g/mol. The van der Waals surface area contributed by atoms with Crippen LogP contribution >= 0.6 is 0 Å². The number of nitrogens with zero attached hydrogens (tertiary/aromatic N) is 2. The molecule has 0 saturated carbocycles. The van der Waals surface area contributed by atoms with Gasteiger partial charge in [-0.3, -0.25) is 9.78 Å². The lowest BCUT2D eigenvalue weighted by molar-refractivity contribution is 0.0804. The van der Waals surface area contributed by atoms with Gasteiger partial charge in [0.1, 0.15) is 0 Å². The van der Waals surface area contributed by atoms with Gasteiger partial charge in [-0.1, -0.05) is 18.2 Å². The van der Waals surface area contributed by atoms with Crippen LogP contribution in [-0.4, -0.2) is 29.4 Å². The van der Waals surface area contributed by atoms with E-state index in [4.69, 9.17) is 0 Å². The van der Waals surface area contributed by atoms with Crippen LogP contribution in [0.5, 0.6) is 0 Å². The van der Waals surface area contributed by atoms with Crippen LogP contribution < -0.4 is 0 Å². The summed E-state index contributed by atoms with van der Waals surface area (Å²) in [7, 11) is 1.80. The molecule has 0 saturated heterocycles. The van der Waals surface area contributed by atoms with Crippen molar-refractivity contribution in [2.24, 2.45) is 0 Å². The average Bonchev–Trinajstić information content (AvgIpc) is 2.36. The number of hydrogen-bond donors (Lipinski definition) is 0. The maximum absolute atomic E-state index is 12.1. The predicted molar refractivity (Wildman–Crippen MR) is 64.4 cm³/mol. The maximum atomic E-state index is 12.1. The Morgan fingerprint density at radius 2 is 2.06 bits per heavy atom. The highest BCUT2D eigenvalue weighted by Crippen LogP contribution is 2.17. The molecule has 0 aliphatic heterocycles. The van der Waals surface area contributed by atoms with E-state index in [0.29, 0.717) is 6.54 Å². The summed E-state index contributed by atoms with van der Waals surface area (Å²) in [5.41, 5.74) is 1.58. The molecule has 0 unspecified atom stereocenters. The zero-order chi connectivity index (χ0) is 11.5. The third kappa shape index (κ3) is 1.76. The van der Waals surface area contributed by atoms with Crippen LogP contribution in [-0.2, 0) is 0 Å². The Morgan fingerprint density at radius 3 is 2.81 bits per heavy atom. The summed E-state index contributed by atoms with van der Waals surface area (Å²) >= 11 is 0. The molecule has 0 aliphatic rings. The van der Waals surface area contributed by atoms with Crippen molar-refractivity contribution in [2.45, 2.75) is 6.92 Å². The molecule has 1 heterocycles. The minimum absolute atomic E-state index is 0.0427. The molecule has 3 heteroatoms. The second kappa shape index (κ2) is 4.31. The fraction of sp³-hybridized carbons (Fsp3) is 0.231. The van der Waals surface area contributed by atoms with Crippen LogP contribution in [0.3, 0.4) is 0 Å². The SMILES string of the molecule is CCN(C)C(=O)c1ccnc2ccccc12. The average molecular weight is 214 g/mol. The number of amides is 1. The van der Waals surface area contributed by atoms with Crippen molar-refractivity contribution in [3.8, 4) is 0 Å². The van der Waals surface area contributed by atoms with Gasteiger partial charge in [-0.15, -0.1) is 0 Å². The number of hydrogen-bond acceptors (Lipinski definition) is 2. The molecule has 1 aromatic heterocycles. The number of aromatic nitrogens is 1. The third-order valence-corrected chi connectivity index (χ3v) is 2.70. The Kier molecular flexibility index (Phi) is 2.86. The van der Waals surface area contributed by atoms with Gasteiger partial charge >= 0.3 is 0 Å². The van der Waals surface area contributed by atoms with Gasteiger partial charge in [0.2, 0.25) is 0 Å². The number of pyridine rings is 1. The summed E-state index contributed by atoms with van der Waals surface area (Å²) in [6.07, 6.45) is 1.68. The first-order chi connectivity index (χ1) is 7.74. The van der Waals surface area contributed by atoms with Gasteiger partial charge in [0, 0.05) is 25.2 Å². The summed E-state index contributed by atoms with van der Waals surface area (Å²) in [4.78, 5) is 18.0. The van der Waals surface area contributed by atoms with Crippen molar-refractivity contribution >= 4 is 16.8 Å². The number of para-hydroxylation sites is 1. The van der Waals surface area contributed by atoms with E-state index in [1.165, 1.54) is 0 Å². The Bertz CT molecular complexity index is 517. The van der Waals surface area contributed by atoms with Gasteiger partial charge in [0.25, 0.3) is 5.91 Å². The van der Waals surface area contributed by atoms with Crippen molar-refractivity contribution < 1.29 is 4.79 Å². The third-order valence-electron chi connectivity index (χ3n) is 2.70. The monoisotopic (exact) mass is 214 g/mol. The lowest BCUT2D eigenvalue weighted by Gasteiger charge is -2.15. The molecule has 2 aromatic rings. The van der Waals surface area contributed by atoms with Crippen molar-refractivity contribution in [2.75, 3.05) is 13.6 Å². The van der Waals surface area contributed by atoms with Gasteiger partial charge in [-0.05, 0) is 19.1 Å². The Hall–Kier alpha value is -1.90. The largest absolute Gasteiger partial charge is 0.342 e. The molecule has 2 rings (SSSR count). The lowest BCUT2D eigenvalue weighted by Crippen LogP contribution is -2.26. The van der Waals surface area contributed by atoms with E-state index < -0.39 is 0 Å². The zero-order valence-corrected chi connectivity index (χ0v) is 9.47. The number of rotatable bonds is 2. The van der Waals surface area contributed by atoms with Gasteiger partial charge in [-0.25, -0.2) is 0 Å². The van der Waals surface area contributed by atoms with E-state index in [2.05, 4.69) is 4.98 Å². The lowest BCUT2D eigenvalue weighted by atomic mass is 10.1. The van der Waals surface area contributed by atoms with Crippen LogP contribution in [0.2, 0.25) is 0 Å². The molecule has 0 spiro atoms. The first-order valence-corrected chi connectivity index (χ1v) is 5.33. The predicted octanol–water partition coefficient (Wildman–Crippen LogP) is 2.33. The van der Waals surface area contributed by atoms with Crippen LogP contribution in [0, 0.1) is 0 Å². The highest BCUT2D eigenvalue weighted by atomic mass is 16.2. The van der Waals surface area contributed by atoms with E-state index in [9.17, 15) is 4.79 Å². The molecule has 16 heavy (non-hydrogen) atoms. The van der Waals surface area contributed by atoms with Gasteiger partial charge in [0.15, 0.2) is 0 Å². The van der Waals surface area contributed by atoms with E-state index in [-0.39, 0.29) is 5.91 Å². The standard InChI is InChI=1S/C13H14N2O/c1-3-15(2)13(16)11-8-9-14-12-7-5-4-6-10(11)12/h4-9H,3H2,1-2H3. The Morgan fingerprint density at radius 1 is 1.31 bits per heavy atom. The van der Waals surface area contributed by atoms with Gasteiger partial charge < -0.3 is 4.90 Å². The normalized spacial score (nSPS) is 10.4. The van der Waals surface area contributed by atoms with Crippen molar-refractivity contribution in [3.05, 3.63) is 42.1 Å². The summed E-state index contributed by atoms with van der Waals surface area (Å²) < 4.78 is 0. The summed E-state index contributed by atoms with van der Waals surface area (Å²) in [5.74, 6) is 0.0427. The van der Waals surface area contributed by atoms with Crippen molar-refractivity contribution in [1.82, 2.24) is 9.88 Å². The van der Waals surface area contributed by atoms with Crippen LogP contribution in [0.1, 0.15) is 17.3 Å². The van der Waals surface area contributed by atoms with Crippen molar-refractivity contribution in [3.63, 3.8) is 0 Å². The molecule has 0 atom stereocenters. The van der Waals surface area contributed by atoms with Gasteiger partial charge in [-0.2, -0.15) is 0 Å². The molecule has 0 radical (unpaired) electrons. The highest BCUT2D eigenvalue weighted by Gasteiger charge is 2.12. The number of benzene rings is 1. The topological polar surface area (TPSA) is 33.2 Å². The minimum Gasteiger partial charge on any atom is -0.342 e. The molecule has 0 bridgehead atoms. The Labute approximate surface area is 94.7 Å². The molecule has 0 fully saturated rings. The van der Waals surface area contributed by atoms with E-state index >= 15 is 0 Å². The molecular formula is C13H14N2O. The summed E-state index contributed by atoms with van der Waals surface area (Å²) in [6.45, 7) is 2.66. The fourth-order valence-corrected chi connectivity index (χ4v) is 1.63. The molecule has 1 aromatic carbocycles. The molecule has 3 nitrogen and oxygen atoms in total. The van der Waals surface area contributed by atoms with Crippen LogP contribution in [0.25, 0.3) is 10.9 Å². The fourth-order valence-electron chi connectivity index (χ4n) is 1.63. The second-order valence-electron chi connectivity index (χ2n) is 3.69. The van der Waals surface area contributed by atoms with Crippen LogP contribution in [0.15, 0.2) is 36.5 Å². The van der Waals surface area contributed by atoms with E-state index in [0.717, 1.165) is 16.5 Å². The minimum atomic E-state index is 0.0427. The first kappa shape index (κ1) is 10.6. The van der Waals surface area contributed by atoms with Crippen LogP contribution in [0.4, 0.5) is 0 Å². The number of carbonyl (C=O) groups is 1. The van der Waals surface area contributed by atoms with Gasteiger partial charge in [0.05, 0.1) is 11.1 Å². The first-order valence-electron chi connectivity index (χ1n) is 5.33. The Balaban J connectivity index is 2.56. The number of fused-ring (bicyclic) bond motifs is 1. The zero-order valence-electron chi connectivity index (χ0n) is 9.47. The van der Waals surface area contributed by atoms with Crippen molar-refractivity contribution in [1.29, 1.82) is 0 Å². The summed E-state index contributed by atoms with van der Waals surface area (Å²) in [5, 5.41) is 0.912. The summed E-state index contributed by atoms with van der Waals surface area (Å²) in [6, 6.07) is 9.47. The molecule has 1 amide bonds. The van der Waals surface area contributed by atoms with E-state index in [1.54, 1.807) is 24.2 Å². The molecule has 0 aliphatic carbocycles. The molecule has 0 N–H and O–H groups in total. The van der Waals surface area contributed by atoms with E-state index in [1.807, 2.05) is 31.2 Å². The quantitative estimate of drug-likeness (QED) is 0.768. The number of carbonyl (C=O) groups excluding carboxylic acids is 1. The highest BCUT2D eigenvalue weighted by molar-refractivity contribution is 6.05. The molecule has 82 valence electrons.